The Balaban J connectivity index is 1.96. The fourth-order valence-corrected chi connectivity index (χ4v) is 2.62. The third kappa shape index (κ3) is 2.81. The fourth-order valence-electron chi connectivity index (χ4n) is 2.62. The van der Waals surface area contributed by atoms with Crippen molar-refractivity contribution < 1.29 is 14.7 Å². The normalized spacial score (nSPS) is 10.7. The largest absolute Gasteiger partial charge is 0.543 e. The van der Waals surface area contributed by atoms with Gasteiger partial charge in [0.15, 0.2) is 0 Å². The molecule has 23 heavy (non-hydrogen) atoms. The number of H-pyrrole nitrogens is 1. The van der Waals surface area contributed by atoms with Crippen molar-refractivity contribution >= 4 is 28.5 Å². The molecule has 0 fully saturated rings. The predicted octanol–water partition coefficient (Wildman–Crippen LogP) is 1.74. The number of likely N-dealkylation sites (N-methyl/N-ethyl adjacent to an activating group) is 1. The summed E-state index contributed by atoms with van der Waals surface area (Å²) in [6, 6.07) is 16.4. The van der Waals surface area contributed by atoms with E-state index >= 15 is 0 Å². The molecule has 0 unspecified atom stereocenters. The molecule has 1 aromatic heterocycles. The number of nitrogens with one attached hydrogen (secondary N) is 1. The van der Waals surface area contributed by atoms with Gasteiger partial charge in [-0.2, -0.15) is 0 Å². The molecule has 0 saturated carbocycles. The van der Waals surface area contributed by atoms with E-state index in [0.29, 0.717) is 11.1 Å². The van der Waals surface area contributed by atoms with Crippen molar-refractivity contribution in [1.29, 1.82) is 0 Å². The van der Waals surface area contributed by atoms with Crippen LogP contribution in [0.5, 0.6) is 0 Å². The number of carboxylic acid groups (broad SMARTS) is 1. The molecule has 0 bridgehead atoms. The van der Waals surface area contributed by atoms with E-state index in [9.17, 15) is 14.7 Å². The van der Waals surface area contributed by atoms with Gasteiger partial charge in [-0.1, -0.05) is 36.4 Å². The molecule has 1 N–H and O–H groups in total. The van der Waals surface area contributed by atoms with Crippen LogP contribution < -0.4 is 10.0 Å². The van der Waals surface area contributed by atoms with E-state index in [0.717, 1.165) is 11.1 Å². The van der Waals surface area contributed by atoms with Crippen molar-refractivity contribution in [2.45, 2.75) is 6.42 Å². The van der Waals surface area contributed by atoms with Crippen LogP contribution in [0, 0.1) is 0 Å². The molecule has 0 spiro atoms. The maximum atomic E-state index is 12.5. The number of carbonyl (C=O) groups excluding carboxylic acids is 2. The van der Waals surface area contributed by atoms with E-state index in [2.05, 4.69) is 4.98 Å². The summed E-state index contributed by atoms with van der Waals surface area (Å²) in [7, 11) is 1.67. The number of hydrogen-bond acceptors (Lipinski definition) is 3. The number of aromatic carboxylic acids is 1. The minimum Gasteiger partial charge on any atom is -0.543 e. The molecule has 3 aromatic rings. The van der Waals surface area contributed by atoms with E-state index in [-0.39, 0.29) is 18.0 Å². The van der Waals surface area contributed by atoms with Crippen LogP contribution in [-0.4, -0.2) is 23.9 Å². The van der Waals surface area contributed by atoms with Gasteiger partial charge in [0.25, 0.3) is 0 Å². The van der Waals surface area contributed by atoms with Crippen LogP contribution in [0.15, 0.2) is 54.6 Å². The molecule has 0 aliphatic carbocycles. The molecule has 0 radical (unpaired) electrons. The van der Waals surface area contributed by atoms with Crippen LogP contribution in [0.25, 0.3) is 10.9 Å². The first-order chi connectivity index (χ1) is 11.1. The average molecular weight is 307 g/mol. The number of hydrogen-bond donors (Lipinski definition) is 1. The SMILES string of the molecule is CN(C(=O)Cc1c(C(=O)[O-])[nH]c2ccccc12)c1ccccc1. The Bertz CT molecular complexity index is 868. The van der Waals surface area contributed by atoms with Crippen LogP contribution in [0.3, 0.4) is 0 Å². The summed E-state index contributed by atoms with van der Waals surface area (Å²) in [5.74, 6) is -1.50. The first kappa shape index (κ1) is 14.8. The molecule has 5 nitrogen and oxygen atoms in total. The second-order valence-corrected chi connectivity index (χ2v) is 5.28. The number of amides is 1. The molecule has 0 saturated heterocycles. The van der Waals surface area contributed by atoms with Crippen LogP contribution in [0.2, 0.25) is 0 Å². The summed E-state index contributed by atoms with van der Waals surface area (Å²) in [6.07, 6.45) is -0.0152. The van der Waals surface area contributed by atoms with E-state index in [1.54, 1.807) is 25.2 Å². The van der Waals surface area contributed by atoms with E-state index in [4.69, 9.17) is 0 Å². The highest BCUT2D eigenvalue weighted by Crippen LogP contribution is 2.24. The monoisotopic (exact) mass is 307 g/mol. The van der Waals surface area contributed by atoms with Gasteiger partial charge in [-0.25, -0.2) is 0 Å². The number of carboxylic acids is 1. The van der Waals surface area contributed by atoms with Crippen molar-refractivity contribution in [2.75, 3.05) is 11.9 Å². The lowest BCUT2D eigenvalue weighted by atomic mass is 10.1. The summed E-state index contributed by atoms with van der Waals surface area (Å²) >= 11 is 0. The number of carbonyl (C=O) groups is 2. The number of para-hydroxylation sites is 2. The van der Waals surface area contributed by atoms with Gasteiger partial charge in [0.2, 0.25) is 5.91 Å². The highest BCUT2D eigenvalue weighted by Gasteiger charge is 2.18. The summed E-state index contributed by atoms with van der Waals surface area (Å²) in [5, 5.41) is 12.1. The van der Waals surface area contributed by atoms with E-state index in [1.807, 2.05) is 36.4 Å². The van der Waals surface area contributed by atoms with Gasteiger partial charge in [0.1, 0.15) is 0 Å². The summed E-state index contributed by atoms with van der Waals surface area (Å²) in [6.45, 7) is 0. The Kier molecular flexibility index (Phi) is 3.85. The van der Waals surface area contributed by atoms with Gasteiger partial charge in [-0.3, -0.25) is 4.79 Å². The highest BCUT2D eigenvalue weighted by atomic mass is 16.4. The van der Waals surface area contributed by atoms with Gasteiger partial charge < -0.3 is 19.8 Å². The lowest BCUT2D eigenvalue weighted by molar-refractivity contribution is -0.255. The van der Waals surface area contributed by atoms with Gasteiger partial charge in [-0.15, -0.1) is 0 Å². The number of aromatic nitrogens is 1. The van der Waals surface area contributed by atoms with Crippen LogP contribution in [0.4, 0.5) is 5.69 Å². The summed E-state index contributed by atoms with van der Waals surface area (Å²) in [4.78, 5) is 28.2. The van der Waals surface area contributed by atoms with E-state index < -0.39 is 5.97 Å². The Morgan fingerprint density at radius 2 is 1.70 bits per heavy atom. The van der Waals surface area contributed by atoms with Gasteiger partial charge in [-0.05, 0) is 23.8 Å². The Morgan fingerprint density at radius 1 is 1.04 bits per heavy atom. The molecule has 1 heterocycles. The molecule has 0 aliphatic rings. The van der Waals surface area contributed by atoms with Crippen molar-refractivity contribution in [3.63, 3.8) is 0 Å². The number of fused-ring (bicyclic) bond motifs is 1. The van der Waals surface area contributed by atoms with Crippen molar-refractivity contribution in [2.24, 2.45) is 0 Å². The number of benzene rings is 2. The maximum absolute atomic E-state index is 12.5. The van der Waals surface area contributed by atoms with Gasteiger partial charge in [0.05, 0.1) is 18.1 Å². The van der Waals surface area contributed by atoms with Crippen LogP contribution >= 0.6 is 0 Å². The van der Waals surface area contributed by atoms with Crippen molar-refractivity contribution in [3.05, 3.63) is 65.9 Å². The van der Waals surface area contributed by atoms with Crippen LogP contribution in [0.1, 0.15) is 16.1 Å². The zero-order valence-corrected chi connectivity index (χ0v) is 12.6. The van der Waals surface area contributed by atoms with Crippen molar-refractivity contribution in [1.82, 2.24) is 4.98 Å². The third-order valence-corrected chi connectivity index (χ3v) is 3.86. The molecule has 2 aromatic carbocycles. The maximum Gasteiger partial charge on any atom is 0.231 e. The standard InChI is InChI=1S/C18H16N2O3/c1-20(12-7-3-2-4-8-12)16(21)11-14-13-9-5-6-10-15(13)19-17(14)18(22)23/h2-10,19H,11H2,1H3,(H,22,23)/p-1. The molecular weight excluding hydrogens is 292 g/mol. The Hall–Kier alpha value is -3.08. The van der Waals surface area contributed by atoms with Gasteiger partial charge >= 0.3 is 0 Å². The van der Waals surface area contributed by atoms with Crippen molar-refractivity contribution in [3.8, 4) is 0 Å². The van der Waals surface area contributed by atoms with Crippen LogP contribution in [-0.2, 0) is 11.2 Å². The molecule has 116 valence electrons. The first-order valence-corrected chi connectivity index (χ1v) is 7.20. The van der Waals surface area contributed by atoms with Gasteiger partial charge in [0, 0.05) is 23.6 Å². The van der Waals surface area contributed by atoms with E-state index in [1.165, 1.54) is 4.90 Å². The average Bonchev–Trinajstić information content (AvgIpc) is 2.94. The molecule has 0 atom stereocenters. The second kappa shape index (κ2) is 5.96. The molecule has 0 aliphatic heterocycles. The lowest BCUT2D eigenvalue weighted by Crippen LogP contribution is -2.29. The smallest absolute Gasteiger partial charge is 0.231 e. The highest BCUT2D eigenvalue weighted by molar-refractivity contribution is 6.02. The molecule has 3 rings (SSSR count). The topological polar surface area (TPSA) is 76.2 Å². The number of anilines is 1. The quantitative estimate of drug-likeness (QED) is 0.797. The zero-order valence-electron chi connectivity index (χ0n) is 12.6. The second-order valence-electron chi connectivity index (χ2n) is 5.28. The fraction of sp³-hybridized carbons (Fsp3) is 0.111. The summed E-state index contributed by atoms with van der Waals surface area (Å²) < 4.78 is 0. The number of nitrogens with zero attached hydrogens (tertiary/aromatic N) is 1. The predicted molar refractivity (Wildman–Crippen MR) is 86.2 cm³/mol. The molecule has 1 amide bonds. The third-order valence-electron chi connectivity index (χ3n) is 3.86. The zero-order chi connectivity index (χ0) is 16.4. The Morgan fingerprint density at radius 3 is 2.39 bits per heavy atom. The molecule has 5 heteroatoms. The minimum atomic E-state index is -1.31. The number of rotatable bonds is 4. The first-order valence-electron chi connectivity index (χ1n) is 7.20. The number of aromatic amines is 1. The molecular formula is C18H15N2O3-. The summed E-state index contributed by atoms with van der Waals surface area (Å²) in [5.41, 5.74) is 1.85. The lowest BCUT2D eigenvalue weighted by Gasteiger charge is -2.17. The Labute approximate surface area is 133 Å². The minimum absolute atomic E-state index is 0.0152.